The fourth-order valence-corrected chi connectivity index (χ4v) is 4.24. The number of piperazine rings is 1. The van der Waals surface area contributed by atoms with Gasteiger partial charge >= 0.3 is 0 Å². The molecule has 2 amide bonds. The Bertz CT molecular complexity index is 886. The molecule has 2 aromatic rings. The first kappa shape index (κ1) is 20.4. The number of hydrogen-bond acceptors (Lipinski definition) is 4. The summed E-state index contributed by atoms with van der Waals surface area (Å²) in [6.45, 7) is 3.92. The molecule has 0 unspecified atom stereocenters. The molecule has 30 heavy (non-hydrogen) atoms. The van der Waals surface area contributed by atoms with E-state index in [9.17, 15) is 9.59 Å². The van der Waals surface area contributed by atoms with Crippen LogP contribution in [0.3, 0.4) is 0 Å². The lowest BCUT2D eigenvalue weighted by Crippen LogP contribution is -2.49. The van der Waals surface area contributed by atoms with Crippen LogP contribution in [0.2, 0.25) is 0 Å². The van der Waals surface area contributed by atoms with Gasteiger partial charge in [-0.1, -0.05) is 42.5 Å². The number of rotatable bonds is 6. The van der Waals surface area contributed by atoms with Gasteiger partial charge in [0.2, 0.25) is 5.91 Å². The van der Waals surface area contributed by atoms with Gasteiger partial charge in [0.15, 0.2) is 0 Å². The topological polar surface area (TPSA) is 53.1 Å². The van der Waals surface area contributed by atoms with E-state index in [1.165, 1.54) is 5.56 Å². The second kappa shape index (κ2) is 9.30. The molecule has 0 N–H and O–H groups in total. The predicted octanol–water partition coefficient (Wildman–Crippen LogP) is 2.82. The maximum atomic E-state index is 13.3. The van der Waals surface area contributed by atoms with Gasteiger partial charge in [0.05, 0.1) is 18.2 Å². The van der Waals surface area contributed by atoms with E-state index in [1.807, 2.05) is 52.3 Å². The van der Waals surface area contributed by atoms with Crippen molar-refractivity contribution >= 4 is 11.8 Å². The van der Waals surface area contributed by atoms with Crippen molar-refractivity contribution in [2.24, 2.45) is 0 Å². The first-order valence-electron chi connectivity index (χ1n) is 10.7. The molecule has 0 aliphatic carbocycles. The van der Waals surface area contributed by atoms with E-state index in [0.717, 1.165) is 19.5 Å². The molecule has 1 atom stereocenters. The molecule has 2 fully saturated rings. The summed E-state index contributed by atoms with van der Waals surface area (Å²) in [4.78, 5) is 31.2. The third kappa shape index (κ3) is 4.49. The number of likely N-dealkylation sites (tertiary alicyclic amines) is 1. The lowest BCUT2D eigenvalue weighted by molar-refractivity contribution is -0.128. The molecule has 0 spiro atoms. The fraction of sp³-hybridized carbons (Fsp3) is 0.417. The van der Waals surface area contributed by atoms with Crippen LogP contribution in [0.5, 0.6) is 5.75 Å². The van der Waals surface area contributed by atoms with Crippen molar-refractivity contribution in [3.05, 3.63) is 65.7 Å². The summed E-state index contributed by atoms with van der Waals surface area (Å²) < 4.78 is 5.94. The van der Waals surface area contributed by atoms with E-state index in [-0.39, 0.29) is 17.9 Å². The first-order chi connectivity index (χ1) is 14.6. The highest BCUT2D eigenvalue weighted by molar-refractivity contribution is 5.97. The predicted molar refractivity (Wildman–Crippen MR) is 115 cm³/mol. The van der Waals surface area contributed by atoms with Crippen molar-refractivity contribution in [2.45, 2.75) is 18.9 Å². The summed E-state index contributed by atoms with van der Waals surface area (Å²) in [5.74, 6) is 0.772. The molecule has 2 aliphatic heterocycles. The molecule has 2 saturated heterocycles. The monoisotopic (exact) mass is 407 g/mol. The Balaban J connectivity index is 1.43. The van der Waals surface area contributed by atoms with Crippen LogP contribution in [0, 0.1) is 0 Å². The molecule has 0 radical (unpaired) electrons. The normalized spacial score (nSPS) is 19.9. The Hall–Kier alpha value is -2.86. The van der Waals surface area contributed by atoms with Crippen molar-refractivity contribution < 1.29 is 14.3 Å². The molecule has 2 aromatic carbocycles. The highest BCUT2D eigenvalue weighted by Gasteiger charge is 2.30. The van der Waals surface area contributed by atoms with Crippen molar-refractivity contribution in [1.29, 1.82) is 0 Å². The van der Waals surface area contributed by atoms with Gasteiger partial charge < -0.3 is 14.5 Å². The Kier molecular flexibility index (Phi) is 6.33. The van der Waals surface area contributed by atoms with Crippen LogP contribution in [0.4, 0.5) is 0 Å². The SMILES string of the molecule is CN1CCN(C(=O)c2ccccc2OCCN2CCCC2=O)C[C@H]1c1ccccc1. The van der Waals surface area contributed by atoms with E-state index in [4.69, 9.17) is 4.74 Å². The fourth-order valence-electron chi connectivity index (χ4n) is 4.24. The number of benzene rings is 2. The molecule has 0 saturated carbocycles. The molecule has 6 nitrogen and oxygen atoms in total. The average Bonchev–Trinajstić information content (AvgIpc) is 3.19. The van der Waals surface area contributed by atoms with Gasteiger partial charge in [-0.2, -0.15) is 0 Å². The minimum atomic E-state index is -0.00289. The van der Waals surface area contributed by atoms with E-state index >= 15 is 0 Å². The summed E-state index contributed by atoms with van der Waals surface area (Å²) in [7, 11) is 2.11. The lowest BCUT2D eigenvalue weighted by atomic mass is 10.0. The van der Waals surface area contributed by atoms with Gasteiger partial charge in [-0.15, -0.1) is 0 Å². The van der Waals surface area contributed by atoms with Crippen LogP contribution >= 0.6 is 0 Å². The Morgan fingerprint density at radius 2 is 1.80 bits per heavy atom. The van der Waals surface area contributed by atoms with Crippen molar-refractivity contribution in [1.82, 2.24) is 14.7 Å². The minimum Gasteiger partial charge on any atom is -0.491 e. The summed E-state index contributed by atoms with van der Waals surface area (Å²) in [6, 6.07) is 17.9. The van der Waals surface area contributed by atoms with Gasteiger partial charge in [0.25, 0.3) is 5.91 Å². The van der Waals surface area contributed by atoms with Crippen LogP contribution in [-0.2, 0) is 4.79 Å². The molecule has 2 heterocycles. The largest absolute Gasteiger partial charge is 0.491 e. The van der Waals surface area contributed by atoms with Gasteiger partial charge in [0.1, 0.15) is 12.4 Å². The third-order valence-electron chi connectivity index (χ3n) is 6.03. The Morgan fingerprint density at radius 1 is 1.03 bits per heavy atom. The van der Waals surface area contributed by atoms with Crippen molar-refractivity contribution in [3.63, 3.8) is 0 Å². The maximum Gasteiger partial charge on any atom is 0.257 e. The zero-order valence-corrected chi connectivity index (χ0v) is 17.5. The van der Waals surface area contributed by atoms with Gasteiger partial charge in [0, 0.05) is 32.6 Å². The van der Waals surface area contributed by atoms with Crippen LogP contribution < -0.4 is 4.74 Å². The maximum absolute atomic E-state index is 13.3. The van der Waals surface area contributed by atoms with Gasteiger partial charge in [-0.25, -0.2) is 0 Å². The van der Waals surface area contributed by atoms with E-state index in [0.29, 0.717) is 44.0 Å². The smallest absolute Gasteiger partial charge is 0.257 e. The summed E-state index contributed by atoms with van der Waals surface area (Å²) in [5.41, 5.74) is 1.80. The van der Waals surface area contributed by atoms with E-state index < -0.39 is 0 Å². The summed E-state index contributed by atoms with van der Waals surface area (Å²) in [6.07, 6.45) is 1.54. The second-order valence-electron chi connectivity index (χ2n) is 7.99. The minimum absolute atomic E-state index is 0.00289. The molecule has 0 aromatic heterocycles. The van der Waals surface area contributed by atoms with Crippen LogP contribution in [0.1, 0.15) is 34.8 Å². The number of likely N-dealkylation sites (N-methyl/N-ethyl adjacent to an activating group) is 1. The number of carbonyl (C=O) groups excluding carboxylic acids is 2. The van der Waals surface area contributed by atoms with E-state index in [2.05, 4.69) is 24.1 Å². The zero-order chi connectivity index (χ0) is 20.9. The van der Waals surface area contributed by atoms with Gasteiger partial charge in [-0.05, 0) is 31.2 Å². The molecule has 158 valence electrons. The van der Waals surface area contributed by atoms with E-state index in [1.54, 1.807) is 0 Å². The molecular formula is C24H29N3O3. The first-order valence-corrected chi connectivity index (χ1v) is 10.7. The summed E-state index contributed by atoms with van der Waals surface area (Å²) in [5, 5.41) is 0. The van der Waals surface area contributed by atoms with Crippen LogP contribution in [0.25, 0.3) is 0 Å². The number of ether oxygens (including phenoxy) is 1. The number of carbonyl (C=O) groups is 2. The van der Waals surface area contributed by atoms with Crippen LogP contribution in [0.15, 0.2) is 54.6 Å². The summed E-state index contributed by atoms with van der Waals surface area (Å²) >= 11 is 0. The molecule has 0 bridgehead atoms. The molecule has 2 aliphatic rings. The van der Waals surface area contributed by atoms with Crippen LogP contribution in [-0.4, -0.2) is 72.9 Å². The third-order valence-corrected chi connectivity index (χ3v) is 6.03. The number of nitrogens with zero attached hydrogens (tertiary/aromatic N) is 3. The Labute approximate surface area is 178 Å². The second-order valence-corrected chi connectivity index (χ2v) is 7.99. The number of para-hydroxylation sites is 1. The highest BCUT2D eigenvalue weighted by Crippen LogP contribution is 2.27. The van der Waals surface area contributed by atoms with Crippen molar-refractivity contribution in [2.75, 3.05) is 46.4 Å². The lowest BCUT2D eigenvalue weighted by Gasteiger charge is -2.40. The van der Waals surface area contributed by atoms with Gasteiger partial charge in [-0.3, -0.25) is 14.5 Å². The average molecular weight is 408 g/mol. The molecular weight excluding hydrogens is 378 g/mol. The molecule has 6 heteroatoms. The zero-order valence-electron chi connectivity index (χ0n) is 17.5. The Morgan fingerprint density at radius 3 is 2.57 bits per heavy atom. The number of amides is 2. The number of hydrogen-bond donors (Lipinski definition) is 0. The standard InChI is InChI=1S/C24H29N3O3/c1-25-14-15-27(18-21(25)19-8-3-2-4-9-19)24(29)20-10-5-6-11-22(20)30-17-16-26-13-7-12-23(26)28/h2-6,8-11,21H,7,12-18H2,1H3/t21-/m0/s1. The molecule has 4 rings (SSSR count). The highest BCUT2D eigenvalue weighted by atomic mass is 16.5. The van der Waals surface area contributed by atoms with Crippen molar-refractivity contribution in [3.8, 4) is 5.75 Å². The quantitative estimate of drug-likeness (QED) is 0.739.